The Hall–Kier alpha value is 0.0400. The van der Waals surface area contributed by atoms with E-state index in [-0.39, 0.29) is 0 Å². The monoisotopic (exact) mass is 190 g/mol. The van der Waals surface area contributed by atoms with Crippen LogP contribution >= 0.6 is 24.0 Å². The summed E-state index contributed by atoms with van der Waals surface area (Å²) in [6.45, 7) is 4.27. The van der Waals surface area contributed by atoms with Crippen LogP contribution in [-0.4, -0.2) is 34.1 Å². The lowest BCUT2D eigenvalue weighted by molar-refractivity contribution is 0.427. The molecule has 0 spiro atoms. The third kappa shape index (κ3) is 2.52. The van der Waals surface area contributed by atoms with Gasteiger partial charge in [0.25, 0.3) is 0 Å². The van der Waals surface area contributed by atoms with Gasteiger partial charge in [0.2, 0.25) is 0 Å². The molecule has 0 aliphatic carbocycles. The van der Waals surface area contributed by atoms with E-state index in [1.807, 2.05) is 11.8 Å². The first-order valence-corrected chi connectivity index (χ1v) is 5.35. The minimum absolute atomic E-state index is 0.559. The van der Waals surface area contributed by atoms with Crippen LogP contribution < -0.4 is 5.73 Å². The minimum Gasteiger partial charge on any atom is -0.376 e. The van der Waals surface area contributed by atoms with Crippen molar-refractivity contribution >= 4 is 29.1 Å². The molecule has 64 valence electrons. The third-order valence-corrected chi connectivity index (χ3v) is 3.54. The third-order valence-electron chi connectivity index (χ3n) is 1.91. The molecule has 1 aliphatic rings. The molecule has 1 heterocycles. The molecule has 1 atom stereocenters. The van der Waals surface area contributed by atoms with Crippen molar-refractivity contribution in [2.24, 2.45) is 5.73 Å². The van der Waals surface area contributed by atoms with Crippen molar-refractivity contribution in [2.45, 2.75) is 18.6 Å². The second kappa shape index (κ2) is 4.16. The van der Waals surface area contributed by atoms with Gasteiger partial charge in [-0.3, -0.25) is 0 Å². The van der Waals surface area contributed by atoms with E-state index in [2.05, 4.69) is 11.8 Å². The standard InChI is InChI=1S/C7H14N2S2/c1-2-6-5-9(7(8)10)3-4-11-6/h6H,2-5H2,1H3,(H2,8,10). The molecular formula is C7H14N2S2. The highest BCUT2D eigenvalue weighted by atomic mass is 32.2. The van der Waals surface area contributed by atoms with Gasteiger partial charge >= 0.3 is 0 Å². The Labute approximate surface area is 77.5 Å². The maximum Gasteiger partial charge on any atom is 0.166 e. The molecule has 0 saturated carbocycles. The van der Waals surface area contributed by atoms with Crippen molar-refractivity contribution in [1.29, 1.82) is 0 Å². The Balaban J connectivity index is 2.39. The summed E-state index contributed by atoms with van der Waals surface area (Å²) in [5.41, 5.74) is 5.53. The van der Waals surface area contributed by atoms with Gasteiger partial charge in [0, 0.05) is 24.1 Å². The normalized spacial score (nSPS) is 25.2. The first kappa shape index (κ1) is 9.13. The molecule has 1 rings (SSSR count). The van der Waals surface area contributed by atoms with Crippen molar-refractivity contribution in [3.8, 4) is 0 Å². The molecule has 0 aromatic rings. The zero-order valence-corrected chi connectivity index (χ0v) is 8.38. The van der Waals surface area contributed by atoms with E-state index in [9.17, 15) is 0 Å². The van der Waals surface area contributed by atoms with E-state index in [1.54, 1.807) is 0 Å². The fourth-order valence-corrected chi connectivity index (χ4v) is 2.51. The molecule has 11 heavy (non-hydrogen) atoms. The summed E-state index contributed by atoms with van der Waals surface area (Å²) < 4.78 is 0. The first-order chi connectivity index (χ1) is 5.24. The maximum atomic E-state index is 5.53. The molecule has 1 unspecified atom stereocenters. The average Bonchev–Trinajstić information content (AvgIpc) is 2.05. The molecule has 0 amide bonds. The predicted octanol–water partition coefficient (Wildman–Crippen LogP) is 1.06. The molecule has 1 fully saturated rings. The Morgan fingerprint density at radius 1 is 1.82 bits per heavy atom. The second-order valence-electron chi connectivity index (χ2n) is 2.69. The molecule has 1 saturated heterocycles. The van der Waals surface area contributed by atoms with Gasteiger partial charge < -0.3 is 10.6 Å². The van der Waals surface area contributed by atoms with E-state index in [4.69, 9.17) is 18.0 Å². The summed E-state index contributed by atoms with van der Waals surface area (Å²) in [6, 6.07) is 0. The number of thioether (sulfide) groups is 1. The number of hydrogen-bond donors (Lipinski definition) is 1. The quantitative estimate of drug-likeness (QED) is 0.626. The zero-order chi connectivity index (χ0) is 8.27. The number of thiocarbonyl (C=S) groups is 1. The summed E-state index contributed by atoms with van der Waals surface area (Å²) in [4.78, 5) is 2.10. The van der Waals surface area contributed by atoms with Gasteiger partial charge in [-0.1, -0.05) is 6.92 Å². The highest BCUT2D eigenvalue weighted by Crippen LogP contribution is 2.20. The molecule has 0 bridgehead atoms. The molecule has 4 heteroatoms. The topological polar surface area (TPSA) is 29.3 Å². The predicted molar refractivity (Wildman–Crippen MR) is 54.9 cm³/mol. The summed E-state index contributed by atoms with van der Waals surface area (Å²) >= 11 is 6.94. The largest absolute Gasteiger partial charge is 0.376 e. The van der Waals surface area contributed by atoms with Crippen LogP contribution in [-0.2, 0) is 0 Å². The number of nitrogens with zero attached hydrogens (tertiary/aromatic N) is 1. The minimum atomic E-state index is 0.559. The lowest BCUT2D eigenvalue weighted by Gasteiger charge is -2.32. The van der Waals surface area contributed by atoms with Crippen LogP contribution in [0.2, 0.25) is 0 Å². The molecule has 0 radical (unpaired) electrons. The van der Waals surface area contributed by atoms with Crippen LogP contribution in [0.4, 0.5) is 0 Å². The van der Waals surface area contributed by atoms with Crippen LogP contribution in [0.1, 0.15) is 13.3 Å². The van der Waals surface area contributed by atoms with Gasteiger partial charge in [-0.05, 0) is 18.6 Å². The summed E-state index contributed by atoms with van der Waals surface area (Å²) in [5.74, 6) is 1.16. The lowest BCUT2D eigenvalue weighted by atomic mass is 10.3. The lowest BCUT2D eigenvalue weighted by Crippen LogP contribution is -2.44. The highest BCUT2D eigenvalue weighted by Gasteiger charge is 2.18. The Morgan fingerprint density at radius 3 is 3.09 bits per heavy atom. The Morgan fingerprint density at radius 2 is 2.55 bits per heavy atom. The molecular weight excluding hydrogens is 176 g/mol. The van der Waals surface area contributed by atoms with Crippen LogP contribution in [0, 0.1) is 0 Å². The van der Waals surface area contributed by atoms with Gasteiger partial charge in [-0.15, -0.1) is 0 Å². The molecule has 1 aliphatic heterocycles. The van der Waals surface area contributed by atoms with Crippen molar-refractivity contribution in [3.05, 3.63) is 0 Å². The van der Waals surface area contributed by atoms with Crippen LogP contribution in [0.5, 0.6) is 0 Å². The van der Waals surface area contributed by atoms with Crippen molar-refractivity contribution in [3.63, 3.8) is 0 Å². The fraction of sp³-hybridized carbons (Fsp3) is 0.857. The fourth-order valence-electron chi connectivity index (χ4n) is 1.17. The van der Waals surface area contributed by atoms with E-state index in [0.717, 1.165) is 24.1 Å². The van der Waals surface area contributed by atoms with Gasteiger partial charge in [0.15, 0.2) is 5.11 Å². The molecule has 2 nitrogen and oxygen atoms in total. The van der Waals surface area contributed by atoms with Crippen molar-refractivity contribution in [1.82, 2.24) is 4.90 Å². The Kier molecular flexibility index (Phi) is 3.45. The van der Waals surface area contributed by atoms with Gasteiger partial charge in [0.05, 0.1) is 0 Å². The van der Waals surface area contributed by atoms with Crippen molar-refractivity contribution < 1.29 is 0 Å². The van der Waals surface area contributed by atoms with E-state index < -0.39 is 0 Å². The summed E-state index contributed by atoms with van der Waals surface area (Å²) in [5, 5.41) is 1.29. The number of hydrogen-bond acceptors (Lipinski definition) is 2. The average molecular weight is 190 g/mol. The van der Waals surface area contributed by atoms with E-state index in [0.29, 0.717) is 5.11 Å². The number of rotatable bonds is 1. The first-order valence-electron chi connectivity index (χ1n) is 3.90. The van der Waals surface area contributed by atoms with Crippen molar-refractivity contribution in [2.75, 3.05) is 18.8 Å². The molecule has 0 aromatic carbocycles. The van der Waals surface area contributed by atoms with Crippen LogP contribution in [0.3, 0.4) is 0 Å². The van der Waals surface area contributed by atoms with Gasteiger partial charge in [-0.2, -0.15) is 11.8 Å². The van der Waals surface area contributed by atoms with Crippen LogP contribution in [0.25, 0.3) is 0 Å². The SMILES string of the molecule is CCC1CN(C(N)=S)CCS1. The summed E-state index contributed by atoms with van der Waals surface area (Å²) in [6.07, 6.45) is 1.21. The highest BCUT2D eigenvalue weighted by molar-refractivity contribution is 8.00. The molecule has 0 aromatic heterocycles. The summed E-state index contributed by atoms with van der Waals surface area (Å²) in [7, 11) is 0. The Bertz CT molecular complexity index is 149. The van der Waals surface area contributed by atoms with Gasteiger partial charge in [0.1, 0.15) is 0 Å². The zero-order valence-electron chi connectivity index (χ0n) is 6.75. The van der Waals surface area contributed by atoms with E-state index >= 15 is 0 Å². The number of nitrogens with two attached hydrogens (primary N) is 1. The second-order valence-corrected chi connectivity index (χ2v) is 4.51. The van der Waals surface area contributed by atoms with Gasteiger partial charge in [-0.25, -0.2) is 0 Å². The maximum absolute atomic E-state index is 5.53. The smallest absolute Gasteiger partial charge is 0.166 e. The van der Waals surface area contributed by atoms with Crippen LogP contribution in [0.15, 0.2) is 0 Å². The molecule has 2 N–H and O–H groups in total. The van der Waals surface area contributed by atoms with E-state index in [1.165, 1.54) is 6.42 Å².